The number of amides is 8. The summed E-state index contributed by atoms with van der Waals surface area (Å²) in [6, 6.07) is 3.69. The predicted molar refractivity (Wildman–Crippen MR) is 283 cm³/mol. The SMILES string of the molecule is CC(=O)O[C@@H](C)/C=C\C(=O)N[C@@H]1C[C@H](C)[C@H](C/C=C(C)/C=C/[C@@H]2C[C@]3(CO3)C[C@@H](CC(=O)N(C)NC(=O)OCc3ccc(NC(=O)[C@H](CCCNC(N)=O)NC(=O)[C@@H](NC(=O)CCCCCN)C(C)C)cc3)O2)O[C@@H]1C. The third-order valence-electron chi connectivity index (χ3n) is 13.4. The normalized spacial score (nSPS) is 23.5. The number of hydrogen-bond acceptors (Lipinski definition) is 14. The largest absolute Gasteiger partial charge is 0.459 e. The van der Waals surface area contributed by atoms with Gasteiger partial charge in [-0.15, -0.1) is 0 Å². The van der Waals surface area contributed by atoms with E-state index in [9.17, 15) is 38.4 Å². The van der Waals surface area contributed by atoms with Crippen molar-refractivity contribution in [2.75, 3.05) is 32.1 Å². The van der Waals surface area contributed by atoms with E-state index in [4.69, 9.17) is 35.2 Å². The molecule has 22 heteroatoms. The monoisotopic (exact) mass is 1070 g/mol. The fourth-order valence-electron chi connectivity index (χ4n) is 8.94. The van der Waals surface area contributed by atoms with Gasteiger partial charge >= 0.3 is 18.1 Å². The molecular weight excluding hydrogens is 983 g/mol. The van der Waals surface area contributed by atoms with Gasteiger partial charge in [-0.05, 0) is 101 Å². The smallest absolute Gasteiger partial charge is 0.426 e. The maximum atomic E-state index is 13.5. The summed E-state index contributed by atoms with van der Waals surface area (Å²) in [6.45, 7) is 13.8. The van der Waals surface area contributed by atoms with Crippen LogP contribution in [0.2, 0.25) is 0 Å². The van der Waals surface area contributed by atoms with Gasteiger partial charge in [0.05, 0.1) is 49.1 Å². The van der Waals surface area contributed by atoms with Gasteiger partial charge in [0.15, 0.2) is 0 Å². The van der Waals surface area contributed by atoms with Gasteiger partial charge in [-0.2, -0.15) is 0 Å². The van der Waals surface area contributed by atoms with E-state index in [0.29, 0.717) is 56.5 Å². The molecule has 0 aliphatic carbocycles. The number of urea groups is 1. The molecule has 8 amide bonds. The number of hydrogen-bond donors (Lipinski definition) is 8. The Labute approximate surface area is 446 Å². The highest BCUT2D eigenvalue weighted by molar-refractivity contribution is 5.98. The molecule has 3 heterocycles. The van der Waals surface area contributed by atoms with Gasteiger partial charge in [-0.3, -0.25) is 33.8 Å². The Bertz CT molecular complexity index is 2220. The number of nitrogens with two attached hydrogens (primary N) is 2. The van der Waals surface area contributed by atoms with Crippen molar-refractivity contribution in [3.05, 3.63) is 65.8 Å². The van der Waals surface area contributed by atoms with E-state index in [1.165, 1.54) is 26.1 Å². The first kappa shape index (κ1) is 62.2. The van der Waals surface area contributed by atoms with E-state index in [0.717, 1.165) is 29.8 Å². The number of epoxide rings is 1. The number of anilines is 1. The lowest BCUT2D eigenvalue weighted by Gasteiger charge is -2.39. The summed E-state index contributed by atoms with van der Waals surface area (Å²) in [5.41, 5.74) is 14.8. The number of carbonyl (C=O) groups excluding carboxylic acids is 8. The molecule has 3 aliphatic rings. The van der Waals surface area contributed by atoms with Crippen LogP contribution in [0.25, 0.3) is 0 Å². The lowest BCUT2D eigenvalue weighted by atomic mass is 9.88. The van der Waals surface area contributed by atoms with Crippen LogP contribution >= 0.6 is 0 Å². The predicted octanol–water partition coefficient (Wildman–Crippen LogP) is 4.22. The minimum atomic E-state index is -1.02. The average molecular weight is 1070 g/mol. The first-order valence-corrected chi connectivity index (χ1v) is 26.4. The number of esters is 1. The van der Waals surface area contributed by atoms with Crippen molar-refractivity contribution in [2.24, 2.45) is 23.3 Å². The summed E-state index contributed by atoms with van der Waals surface area (Å²) < 4.78 is 29.0. The quantitative estimate of drug-likeness (QED) is 0.0153. The Kier molecular flexibility index (Phi) is 25.4. The average Bonchev–Trinajstić information content (AvgIpc) is 4.10. The molecule has 422 valence electrons. The van der Waals surface area contributed by atoms with E-state index in [1.54, 1.807) is 45.0 Å². The summed E-state index contributed by atoms with van der Waals surface area (Å²) in [5, 5.41) is 14.9. The van der Waals surface area contributed by atoms with Crippen LogP contribution in [0.3, 0.4) is 0 Å². The second-order valence-corrected chi connectivity index (χ2v) is 20.5. The standard InChI is InChI=1S/C54H83N9O13/c1-33(2)49(61-46(65)14-10-9-11-25-55)51(69)60-43(13-12-26-57-52(56)70)50(68)58-40-20-18-39(19-21-40)31-72-53(71)62-63(8)48(67)28-42-30-54(32-73-54)29-41(76-42)22-15-34(3)16-23-45-35(4)27-44(37(6)75-45)59-47(66)24-17-36(5)74-38(7)64/h15-22,24,33,35-37,41-45,49H,9-14,23,25-32,55H2,1-8H3,(H,58,68)(H,59,66)(H,60,69)(H,61,65)(H,62,71)(H3,56,57,70)/b22-15+,24-17-,34-16+/t35-,36-,37+,41+,42+,43-,44+,45-,49-,54+/m0/s1. The van der Waals surface area contributed by atoms with Crippen LogP contribution in [-0.2, 0) is 59.1 Å². The molecule has 0 bridgehead atoms. The third kappa shape index (κ3) is 22.5. The highest BCUT2D eigenvalue weighted by atomic mass is 16.6. The highest BCUT2D eigenvalue weighted by Crippen LogP contribution is 2.43. The number of allylic oxidation sites excluding steroid dienone is 2. The number of unbranched alkanes of at least 4 members (excludes halogenated alkanes) is 2. The molecule has 0 unspecified atom stereocenters. The zero-order valence-electron chi connectivity index (χ0n) is 45.5. The second kappa shape index (κ2) is 31.0. The summed E-state index contributed by atoms with van der Waals surface area (Å²) >= 11 is 0. The maximum Gasteiger partial charge on any atom is 0.426 e. The highest BCUT2D eigenvalue weighted by Gasteiger charge is 2.51. The van der Waals surface area contributed by atoms with Gasteiger partial charge in [0.1, 0.15) is 24.8 Å². The van der Waals surface area contributed by atoms with Crippen molar-refractivity contribution in [1.82, 2.24) is 31.7 Å². The molecule has 4 rings (SSSR count). The third-order valence-corrected chi connectivity index (χ3v) is 13.4. The van der Waals surface area contributed by atoms with Crippen molar-refractivity contribution in [3.8, 4) is 0 Å². The first-order valence-electron chi connectivity index (χ1n) is 26.4. The first-order chi connectivity index (χ1) is 36.0. The fraction of sp³-hybridized carbons (Fsp3) is 0.630. The Morgan fingerprint density at radius 3 is 2.30 bits per heavy atom. The number of rotatable bonds is 27. The number of hydrazine groups is 1. The van der Waals surface area contributed by atoms with Gasteiger partial charge in [0, 0.05) is 51.5 Å². The number of nitrogens with zero attached hydrogens (tertiary/aromatic N) is 1. The van der Waals surface area contributed by atoms with Crippen LogP contribution in [0.15, 0.2) is 60.2 Å². The van der Waals surface area contributed by atoms with Crippen LogP contribution in [-0.4, -0.2) is 134 Å². The number of benzene rings is 1. The number of ether oxygens (including phenoxy) is 5. The maximum absolute atomic E-state index is 13.5. The van der Waals surface area contributed by atoms with E-state index >= 15 is 0 Å². The van der Waals surface area contributed by atoms with Crippen molar-refractivity contribution >= 4 is 53.3 Å². The molecule has 3 saturated heterocycles. The number of primary amides is 1. The lowest BCUT2D eigenvalue weighted by molar-refractivity contribution is -0.143. The number of carbonyl (C=O) groups is 8. The molecule has 1 aromatic rings. The van der Waals surface area contributed by atoms with Gasteiger partial charge in [0.2, 0.25) is 29.5 Å². The van der Waals surface area contributed by atoms with Crippen LogP contribution in [0.5, 0.6) is 0 Å². The van der Waals surface area contributed by atoms with Gasteiger partial charge in [-0.25, -0.2) is 15.0 Å². The van der Waals surface area contributed by atoms with E-state index < -0.39 is 60.1 Å². The van der Waals surface area contributed by atoms with Crippen molar-refractivity contribution in [3.63, 3.8) is 0 Å². The van der Waals surface area contributed by atoms with Crippen LogP contribution < -0.4 is 43.5 Å². The van der Waals surface area contributed by atoms with Gasteiger partial charge in [-0.1, -0.05) is 63.1 Å². The Hall–Kier alpha value is -6.36. The van der Waals surface area contributed by atoms with Crippen molar-refractivity contribution in [1.29, 1.82) is 0 Å². The molecule has 22 nitrogen and oxygen atoms in total. The fourth-order valence-corrected chi connectivity index (χ4v) is 8.94. The number of nitrogens with one attached hydrogen (secondary N) is 6. The van der Waals surface area contributed by atoms with E-state index in [2.05, 4.69) is 45.0 Å². The molecule has 3 fully saturated rings. The summed E-state index contributed by atoms with van der Waals surface area (Å²) in [4.78, 5) is 101. The molecule has 10 N–H and O–H groups in total. The molecule has 0 aromatic heterocycles. The molecule has 1 spiro atoms. The minimum Gasteiger partial charge on any atom is -0.459 e. The van der Waals surface area contributed by atoms with Gasteiger partial charge in [0.25, 0.3) is 0 Å². The Morgan fingerprint density at radius 1 is 0.921 bits per heavy atom. The van der Waals surface area contributed by atoms with Crippen LogP contribution in [0.4, 0.5) is 15.3 Å². The zero-order valence-corrected chi connectivity index (χ0v) is 45.5. The van der Waals surface area contributed by atoms with E-state index in [-0.39, 0.29) is 86.0 Å². The molecule has 3 aliphatic heterocycles. The molecule has 10 atom stereocenters. The van der Waals surface area contributed by atoms with Gasteiger partial charge < -0.3 is 61.7 Å². The molecule has 1 aromatic carbocycles. The minimum absolute atomic E-state index is 0.00585. The zero-order chi connectivity index (χ0) is 56.0. The summed E-state index contributed by atoms with van der Waals surface area (Å²) in [5.74, 6) is -2.51. The van der Waals surface area contributed by atoms with E-state index in [1.807, 2.05) is 26.0 Å². The summed E-state index contributed by atoms with van der Waals surface area (Å²) in [7, 11) is 1.43. The lowest BCUT2D eigenvalue weighted by Crippen LogP contribution is -2.54. The Morgan fingerprint density at radius 2 is 1.64 bits per heavy atom. The van der Waals surface area contributed by atoms with Crippen molar-refractivity contribution < 1.29 is 62.0 Å². The topological polar surface area (TPSA) is 313 Å². The summed E-state index contributed by atoms with van der Waals surface area (Å²) in [6.07, 6.45) is 12.2. The molecule has 0 saturated carbocycles. The molecule has 0 radical (unpaired) electrons. The van der Waals surface area contributed by atoms with Crippen molar-refractivity contribution in [2.45, 2.75) is 180 Å². The van der Waals surface area contributed by atoms with Crippen LogP contribution in [0.1, 0.15) is 125 Å². The van der Waals surface area contributed by atoms with Crippen LogP contribution in [0, 0.1) is 11.8 Å². The second-order valence-electron chi connectivity index (χ2n) is 20.5. The molecule has 76 heavy (non-hydrogen) atoms. The Balaban J connectivity index is 1.22. The molecular formula is C54H83N9O13.